The van der Waals surface area contributed by atoms with Gasteiger partial charge in [-0.25, -0.2) is 8.42 Å². The quantitative estimate of drug-likeness (QED) is 0.732. The Morgan fingerprint density at radius 3 is 2.53 bits per heavy atom. The molecule has 30 heavy (non-hydrogen) atoms. The standard InChI is InChI=1S/C23H28N2O4S/c1-16-8-11-22(29-2)21(12-16)25(30(27,28)19-6-4-3-5-7-19)15-23(26)24-20-14-17-9-10-18(20)13-17/h3-8,11-12,17-18,20H,9-10,13-15H2,1-2H3,(H,24,26)/t17-,18-,20+/m1/s1. The average Bonchev–Trinajstić information content (AvgIpc) is 3.36. The Morgan fingerprint density at radius 1 is 1.13 bits per heavy atom. The summed E-state index contributed by atoms with van der Waals surface area (Å²) in [7, 11) is -2.45. The summed E-state index contributed by atoms with van der Waals surface area (Å²) in [6, 6.07) is 13.7. The van der Waals surface area contributed by atoms with Crippen LogP contribution in [0.5, 0.6) is 5.75 Å². The molecular weight excluding hydrogens is 400 g/mol. The highest BCUT2D eigenvalue weighted by molar-refractivity contribution is 7.92. The molecule has 2 aliphatic rings. The zero-order valence-electron chi connectivity index (χ0n) is 17.4. The Labute approximate surface area is 178 Å². The van der Waals surface area contributed by atoms with Gasteiger partial charge in [0, 0.05) is 6.04 Å². The zero-order chi connectivity index (χ0) is 21.3. The van der Waals surface area contributed by atoms with Crippen molar-refractivity contribution in [1.29, 1.82) is 0 Å². The van der Waals surface area contributed by atoms with Crippen molar-refractivity contribution in [3.63, 3.8) is 0 Å². The van der Waals surface area contributed by atoms with Gasteiger partial charge in [0.25, 0.3) is 10.0 Å². The maximum atomic E-state index is 13.5. The number of fused-ring (bicyclic) bond motifs is 2. The first kappa shape index (κ1) is 20.7. The van der Waals surface area contributed by atoms with E-state index in [4.69, 9.17) is 4.74 Å². The van der Waals surface area contributed by atoms with Gasteiger partial charge in [-0.1, -0.05) is 30.7 Å². The molecule has 0 radical (unpaired) electrons. The lowest BCUT2D eigenvalue weighted by atomic mass is 9.95. The number of sulfonamides is 1. The van der Waals surface area contributed by atoms with Crippen LogP contribution in [0.3, 0.4) is 0 Å². The maximum absolute atomic E-state index is 13.5. The Morgan fingerprint density at radius 2 is 1.90 bits per heavy atom. The first-order valence-corrected chi connectivity index (χ1v) is 11.8. The molecule has 7 heteroatoms. The number of ether oxygens (including phenoxy) is 1. The molecule has 2 saturated carbocycles. The van der Waals surface area contributed by atoms with Gasteiger partial charge in [0.15, 0.2) is 0 Å². The molecule has 2 aromatic carbocycles. The monoisotopic (exact) mass is 428 g/mol. The van der Waals surface area contributed by atoms with Crippen LogP contribution in [0.25, 0.3) is 0 Å². The fourth-order valence-electron chi connectivity index (χ4n) is 4.82. The lowest BCUT2D eigenvalue weighted by Gasteiger charge is -2.28. The van der Waals surface area contributed by atoms with Crippen LogP contribution in [0.1, 0.15) is 31.2 Å². The number of carbonyl (C=O) groups excluding carboxylic acids is 1. The van der Waals surface area contributed by atoms with Gasteiger partial charge in [-0.05, 0) is 67.9 Å². The molecule has 2 aliphatic carbocycles. The minimum Gasteiger partial charge on any atom is -0.495 e. The summed E-state index contributed by atoms with van der Waals surface area (Å²) in [4.78, 5) is 13.1. The molecule has 1 amide bonds. The molecule has 0 heterocycles. The van der Waals surface area contributed by atoms with Crippen molar-refractivity contribution < 1.29 is 17.9 Å². The summed E-state index contributed by atoms with van der Waals surface area (Å²) < 4.78 is 33.6. The third-order valence-corrected chi connectivity index (χ3v) is 8.08. The fourth-order valence-corrected chi connectivity index (χ4v) is 6.26. The number of methoxy groups -OCH3 is 1. The van der Waals surface area contributed by atoms with Crippen molar-refractivity contribution in [3.8, 4) is 5.75 Å². The summed E-state index contributed by atoms with van der Waals surface area (Å²) in [6.45, 7) is 1.59. The van der Waals surface area contributed by atoms with Crippen LogP contribution in [0.15, 0.2) is 53.4 Å². The van der Waals surface area contributed by atoms with Crippen molar-refractivity contribution >= 4 is 21.6 Å². The molecule has 2 fully saturated rings. The smallest absolute Gasteiger partial charge is 0.264 e. The van der Waals surface area contributed by atoms with Crippen LogP contribution < -0.4 is 14.4 Å². The number of amides is 1. The van der Waals surface area contributed by atoms with E-state index in [2.05, 4.69) is 5.32 Å². The van der Waals surface area contributed by atoms with E-state index in [-0.39, 0.29) is 23.4 Å². The molecule has 0 aliphatic heterocycles. The average molecular weight is 429 g/mol. The summed E-state index contributed by atoms with van der Waals surface area (Å²) in [5.41, 5.74) is 1.25. The molecule has 1 N–H and O–H groups in total. The lowest BCUT2D eigenvalue weighted by Crippen LogP contribution is -2.46. The van der Waals surface area contributed by atoms with E-state index in [0.29, 0.717) is 23.3 Å². The molecule has 0 aromatic heterocycles. The molecular formula is C23H28N2O4S. The van der Waals surface area contributed by atoms with Crippen LogP contribution in [0, 0.1) is 18.8 Å². The fraction of sp³-hybridized carbons (Fsp3) is 0.435. The highest BCUT2D eigenvalue weighted by atomic mass is 32.2. The highest BCUT2D eigenvalue weighted by Crippen LogP contribution is 2.44. The molecule has 0 spiro atoms. The van der Waals surface area contributed by atoms with E-state index < -0.39 is 10.0 Å². The molecule has 160 valence electrons. The number of benzene rings is 2. The van der Waals surface area contributed by atoms with Gasteiger partial charge >= 0.3 is 0 Å². The molecule has 0 unspecified atom stereocenters. The van der Waals surface area contributed by atoms with E-state index in [9.17, 15) is 13.2 Å². The van der Waals surface area contributed by atoms with Crippen LogP contribution in [0.4, 0.5) is 5.69 Å². The highest BCUT2D eigenvalue weighted by Gasteiger charge is 2.40. The normalized spacial score (nSPS) is 22.7. The molecule has 2 aromatic rings. The first-order chi connectivity index (χ1) is 14.4. The number of carbonyl (C=O) groups is 1. The Balaban J connectivity index is 1.65. The predicted molar refractivity (Wildman–Crippen MR) is 116 cm³/mol. The largest absolute Gasteiger partial charge is 0.495 e. The maximum Gasteiger partial charge on any atom is 0.264 e. The second kappa shape index (κ2) is 8.30. The van der Waals surface area contributed by atoms with E-state index >= 15 is 0 Å². The SMILES string of the molecule is COc1ccc(C)cc1N(CC(=O)N[C@H]1C[C@@H]2CC[C@@H]1C2)S(=O)(=O)c1ccccc1. The van der Waals surface area contributed by atoms with Gasteiger partial charge in [-0.2, -0.15) is 0 Å². The number of rotatable bonds is 7. The van der Waals surface area contributed by atoms with Crippen LogP contribution in [-0.2, 0) is 14.8 Å². The van der Waals surface area contributed by atoms with Crippen LogP contribution in [0.2, 0.25) is 0 Å². The second-order valence-corrected chi connectivity index (χ2v) is 10.2. The predicted octanol–water partition coefficient (Wildman–Crippen LogP) is 3.50. The summed E-state index contributed by atoms with van der Waals surface area (Å²) in [5, 5.41) is 3.10. The van der Waals surface area contributed by atoms with Gasteiger partial charge in [0.05, 0.1) is 17.7 Å². The van der Waals surface area contributed by atoms with E-state index in [1.165, 1.54) is 20.0 Å². The van der Waals surface area contributed by atoms with Gasteiger partial charge in [-0.15, -0.1) is 0 Å². The Kier molecular flexibility index (Phi) is 5.73. The third kappa shape index (κ3) is 4.03. The topological polar surface area (TPSA) is 75.7 Å². The Bertz CT molecular complexity index is 1020. The molecule has 2 bridgehead atoms. The second-order valence-electron chi connectivity index (χ2n) is 8.35. The Hall–Kier alpha value is -2.54. The van der Waals surface area contributed by atoms with Crippen molar-refractivity contribution in [2.75, 3.05) is 18.0 Å². The number of hydrogen-bond acceptors (Lipinski definition) is 4. The number of hydrogen-bond donors (Lipinski definition) is 1. The van der Waals surface area contributed by atoms with E-state index in [1.54, 1.807) is 42.5 Å². The third-order valence-electron chi connectivity index (χ3n) is 6.31. The summed E-state index contributed by atoms with van der Waals surface area (Å²) in [6.07, 6.45) is 4.55. The van der Waals surface area contributed by atoms with E-state index in [0.717, 1.165) is 22.7 Å². The molecule has 6 nitrogen and oxygen atoms in total. The van der Waals surface area contributed by atoms with Gasteiger partial charge in [0.2, 0.25) is 5.91 Å². The van der Waals surface area contributed by atoms with Crippen molar-refractivity contribution in [3.05, 3.63) is 54.1 Å². The number of nitrogens with zero attached hydrogens (tertiary/aromatic N) is 1. The van der Waals surface area contributed by atoms with Crippen LogP contribution in [-0.4, -0.2) is 34.0 Å². The van der Waals surface area contributed by atoms with Gasteiger partial charge < -0.3 is 10.1 Å². The van der Waals surface area contributed by atoms with Crippen molar-refractivity contribution in [2.45, 2.75) is 43.5 Å². The van der Waals surface area contributed by atoms with E-state index in [1.807, 2.05) is 13.0 Å². The number of aryl methyl sites for hydroxylation is 1. The molecule has 0 saturated heterocycles. The van der Waals surface area contributed by atoms with Gasteiger partial charge in [-0.3, -0.25) is 9.10 Å². The minimum atomic E-state index is -3.95. The van der Waals surface area contributed by atoms with Gasteiger partial charge in [0.1, 0.15) is 12.3 Å². The first-order valence-electron chi connectivity index (χ1n) is 10.4. The van der Waals surface area contributed by atoms with Crippen LogP contribution >= 0.6 is 0 Å². The minimum absolute atomic E-state index is 0.140. The van der Waals surface area contributed by atoms with Crippen molar-refractivity contribution in [2.24, 2.45) is 11.8 Å². The molecule has 4 rings (SSSR count). The molecule has 3 atom stereocenters. The van der Waals surface area contributed by atoms with Crippen molar-refractivity contribution in [1.82, 2.24) is 5.32 Å². The number of anilines is 1. The zero-order valence-corrected chi connectivity index (χ0v) is 18.2. The summed E-state index contributed by atoms with van der Waals surface area (Å²) in [5.74, 6) is 1.34. The number of nitrogens with one attached hydrogen (secondary N) is 1. The summed E-state index contributed by atoms with van der Waals surface area (Å²) >= 11 is 0. The lowest BCUT2D eigenvalue weighted by molar-refractivity contribution is -0.120.